The van der Waals surface area contributed by atoms with Crippen LogP contribution in [0.5, 0.6) is 0 Å². The largest absolute Gasteiger partial charge is 0.345 e. The van der Waals surface area contributed by atoms with Crippen molar-refractivity contribution in [2.24, 2.45) is 0 Å². The minimum absolute atomic E-state index is 0.0121. The number of nitrogens with one attached hydrogen (secondary N) is 1. The third kappa shape index (κ3) is 4.71. The Hall–Kier alpha value is -1.07. The minimum atomic E-state index is -0.150. The average molecular weight is 358 g/mol. The van der Waals surface area contributed by atoms with E-state index in [1.807, 2.05) is 29.8 Å². The first-order valence-electron chi connectivity index (χ1n) is 7.08. The van der Waals surface area contributed by atoms with Crippen LogP contribution >= 0.6 is 34.5 Å². The highest BCUT2D eigenvalue weighted by Crippen LogP contribution is 2.25. The second kappa shape index (κ2) is 7.97. The molecule has 0 aliphatic rings. The van der Waals surface area contributed by atoms with Crippen LogP contribution in [0.4, 0.5) is 0 Å². The van der Waals surface area contributed by atoms with Crippen molar-refractivity contribution in [3.05, 3.63) is 56.2 Å². The van der Waals surface area contributed by atoms with E-state index in [4.69, 9.17) is 23.2 Å². The maximum absolute atomic E-state index is 12.1. The van der Waals surface area contributed by atoms with Crippen LogP contribution < -0.4 is 10.6 Å². The number of carbonyl (C=O) groups excluding carboxylic acids is 1. The Balaban J connectivity index is 1.86. The first kappa shape index (κ1) is 17.3. The Bertz CT molecular complexity index is 631. The number of carbonyl (C=O) groups is 1. The summed E-state index contributed by atoms with van der Waals surface area (Å²) in [6, 6.07) is 9.54. The highest BCUT2D eigenvalue weighted by molar-refractivity contribution is 7.10. The van der Waals surface area contributed by atoms with E-state index < -0.39 is 0 Å². The first-order chi connectivity index (χ1) is 10.5. The molecule has 1 aromatic heterocycles. The van der Waals surface area contributed by atoms with Crippen LogP contribution in [-0.2, 0) is 4.79 Å². The lowest BCUT2D eigenvalue weighted by atomic mass is 10.1. The lowest BCUT2D eigenvalue weighted by molar-refractivity contribution is -0.682. The van der Waals surface area contributed by atoms with Crippen molar-refractivity contribution in [2.75, 3.05) is 6.54 Å². The van der Waals surface area contributed by atoms with Crippen molar-refractivity contribution >= 4 is 40.4 Å². The van der Waals surface area contributed by atoms with Gasteiger partial charge in [0, 0.05) is 10.0 Å². The van der Waals surface area contributed by atoms with E-state index in [1.54, 1.807) is 23.5 Å². The molecule has 0 saturated carbocycles. The van der Waals surface area contributed by atoms with Crippen LogP contribution in [0.1, 0.15) is 36.4 Å². The lowest BCUT2D eigenvalue weighted by Crippen LogP contribution is -2.86. The topological polar surface area (TPSA) is 45.7 Å². The number of hydrogen-bond acceptors (Lipinski definition) is 2. The molecule has 1 aromatic carbocycles. The van der Waals surface area contributed by atoms with E-state index >= 15 is 0 Å². The molecule has 1 amide bonds. The zero-order valence-corrected chi connectivity index (χ0v) is 14.8. The number of benzene rings is 1. The molecule has 1 heterocycles. The molecular weight excluding hydrogens is 339 g/mol. The SMILES string of the molecule is C[C@H]([NH2+]CC(=O)N[C@H](C)c1ccc(Cl)cc1Cl)c1cccs1. The van der Waals surface area contributed by atoms with Crippen molar-refractivity contribution in [2.45, 2.75) is 25.9 Å². The van der Waals surface area contributed by atoms with Gasteiger partial charge in [-0.15, -0.1) is 11.3 Å². The Kier molecular flexibility index (Phi) is 6.26. The number of quaternary nitrogens is 1. The second-order valence-corrected chi connectivity index (χ2v) is 7.02. The molecule has 22 heavy (non-hydrogen) atoms. The Labute approximate surface area is 144 Å². The van der Waals surface area contributed by atoms with Crippen LogP contribution in [-0.4, -0.2) is 12.5 Å². The van der Waals surface area contributed by atoms with Gasteiger partial charge in [-0.1, -0.05) is 35.3 Å². The molecular formula is C16H19Cl2N2OS+. The molecule has 0 radical (unpaired) electrons. The van der Waals surface area contributed by atoms with E-state index in [0.717, 1.165) is 5.56 Å². The molecule has 0 aliphatic carbocycles. The minimum Gasteiger partial charge on any atom is -0.345 e. The summed E-state index contributed by atoms with van der Waals surface area (Å²) in [6.45, 7) is 4.39. The fourth-order valence-electron chi connectivity index (χ4n) is 2.18. The summed E-state index contributed by atoms with van der Waals surface area (Å²) in [5.41, 5.74) is 0.866. The third-order valence-electron chi connectivity index (χ3n) is 3.46. The van der Waals surface area contributed by atoms with Crippen LogP contribution in [0.25, 0.3) is 0 Å². The van der Waals surface area contributed by atoms with Crippen molar-refractivity contribution < 1.29 is 10.1 Å². The Morgan fingerprint density at radius 3 is 2.73 bits per heavy atom. The first-order valence-corrected chi connectivity index (χ1v) is 8.72. The number of hydrogen-bond donors (Lipinski definition) is 2. The number of amides is 1. The van der Waals surface area contributed by atoms with Crippen molar-refractivity contribution in [1.29, 1.82) is 0 Å². The molecule has 0 aliphatic heterocycles. The summed E-state index contributed by atoms with van der Waals surface area (Å²) < 4.78 is 0. The Morgan fingerprint density at radius 2 is 2.09 bits per heavy atom. The summed E-state index contributed by atoms with van der Waals surface area (Å²) in [5, 5.41) is 8.19. The van der Waals surface area contributed by atoms with Crippen LogP contribution in [0, 0.1) is 0 Å². The quantitative estimate of drug-likeness (QED) is 0.815. The molecule has 3 nitrogen and oxygen atoms in total. The zero-order valence-electron chi connectivity index (χ0n) is 12.5. The summed E-state index contributed by atoms with van der Waals surface area (Å²) in [5.74, 6) is -0.0121. The smallest absolute Gasteiger partial charge is 0.275 e. The molecule has 0 unspecified atom stereocenters. The normalized spacial score (nSPS) is 13.6. The highest BCUT2D eigenvalue weighted by atomic mass is 35.5. The van der Waals surface area contributed by atoms with Crippen molar-refractivity contribution in [3.63, 3.8) is 0 Å². The van der Waals surface area contributed by atoms with Gasteiger partial charge in [-0.3, -0.25) is 4.79 Å². The van der Waals surface area contributed by atoms with Gasteiger partial charge in [-0.2, -0.15) is 0 Å². The molecule has 3 N–H and O–H groups in total. The van der Waals surface area contributed by atoms with Gasteiger partial charge in [-0.05, 0) is 43.0 Å². The summed E-state index contributed by atoms with van der Waals surface area (Å²) in [4.78, 5) is 13.3. The molecule has 0 bridgehead atoms. The third-order valence-corrected chi connectivity index (χ3v) is 5.09. The van der Waals surface area contributed by atoms with Crippen LogP contribution in [0.2, 0.25) is 10.0 Å². The maximum atomic E-state index is 12.1. The molecule has 0 fully saturated rings. The number of halogens is 2. The average Bonchev–Trinajstić information content (AvgIpc) is 2.98. The van der Waals surface area contributed by atoms with E-state index in [-0.39, 0.29) is 18.0 Å². The molecule has 2 rings (SSSR count). The lowest BCUT2D eigenvalue weighted by Gasteiger charge is -2.16. The van der Waals surface area contributed by atoms with E-state index in [2.05, 4.69) is 18.3 Å². The van der Waals surface area contributed by atoms with Crippen LogP contribution in [0.3, 0.4) is 0 Å². The van der Waals surface area contributed by atoms with E-state index in [9.17, 15) is 4.79 Å². The summed E-state index contributed by atoms with van der Waals surface area (Å²) in [6.07, 6.45) is 0. The predicted molar refractivity (Wildman–Crippen MR) is 92.5 cm³/mol. The van der Waals surface area contributed by atoms with Gasteiger partial charge < -0.3 is 10.6 Å². The number of thiophene rings is 1. The van der Waals surface area contributed by atoms with E-state index in [1.165, 1.54) is 4.88 Å². The monoisotopic (exact) mass is 357 g/mol. The fraction of sp³-hybridized carbons (Fsp3) is 0.312. The van der Waals surface area contributed by atoms with Crippen LogP contribution in [0.15, 0.2) is 35.7 Å². The van der Waals surface area contributed by atoms with Gasteiger partial charge in [0.1, 0.15) is 6.04 Å². The Morgan fingerprint density at radius 1 is 1.32 bits per heavy atom. The summed E-state index contributed by atoms with van der Waals surface area (Å²) in [7, 11) is 0. The maximum Gasteiger partial charge on any atom is 0.275 e. The number of rotatable bonds is 6. The highest BCUT2D eigenvalue weighted by Gasteiger charge is 2.16. The van der Waals surface area contributed by atoms with Crippen molar-refractivity contribution in [1.82, 2.24) is 5.32 Å². The molecule has 2 aromatic rings. The zero-order chi connectivity index (χ0) is 16.1. The van der Waals surface area contributed by atoms with Gasteiger partial charge >= 0.3 is 0 Å². The van der Waals surface area contributed by atoms with Crippen molar-refractivity contribution in [3.8, 4) is 0 Å². The standard InChI is InChI=1S/C16H18Cl2N2OS/c1-10(13-6-5-12(17)8-14(13)18)20-16(21)9-19-11(2)15-4-3-7-22-15/h3-8,10-11,19H,9H2,1-2H3,(H,20,21)/p+1/t10-,11+/m1/s1. The molecule has 0 spiro atoms. The van der Waals surface area contributed by atoms with Gasteiger partial charge in [0.25, 0.3) is 5.91 Å². The molecule has 6 heteroatoms. The van der Waals surface area contributed by atoms with Gasteiger partial charge in [0.2, 0.25) is 0 Å². The molecule has 0 saturated heterocycles. The summed E-state index contributed by atoms with van der Waals surface area (Å²) >= 11 is 13.7. The number of nitrogens with two attached hydrogens (primary N) is 1. The molecule has 2 atom stereocenters. The predicted octanol–water partition coefficient (Wildman–Crippen LogP) is 3.56. The second-order valence-electron chi connectivity index (χ2n) is 5.20. The van der Waals surface area contributed by atoms with Gasteiger partial charge in [0.05, 0.1) is 10.9 Å². The van der Waals surface area contributed by atoms with Gasteiger partial charge in [-0.25, -0.2) is 0 Å². The van der Waals surface area contributed by atoms with Gasteiger partial charge in [0.15, 0.2) is 6.54 Å². The molecule has 118 valence electrons. The fourth-order valence-corrected chi connectivity index (χ4v) is 3.54. The van der Waals surface area contributed by atoms with E-state index in [0.29, 0.717) is 16.6 Å².